The maximum atomic E-state index is 12.5. The molecule has 0 saturated heterocycles. The van der Waals surface area contributed by atoms with E-state index in [1.807, 2.05) is 12.1 Å². The van der Waals surface area contributed by atoms with Gasteiger partial charge in [-0.05, 0) is 35.7 Å². The summed E-state index contributed by atoms with van der Waals surface area (Å²) >= 11 is 0. The van der Waals surface area contributed by atoms with Crippen molar-refractivity contribution < 1.29 is 27.4 Å². The predicted molar refractivity (Wildman–Crippen MR) is 110 cm³/mol. The van der Waals surface area contributed by atoms with Crippen LogP contribution in [-0.2, 0) is 19.5 Å². The lowest BCUT2D eigenvalue weighted by atomic mass is 9.99. The zero-order chi connectivity index (χ0) is 22.4. The van der Waals surface area contributed by atoms with E-state index in [0.717, 1.165) is 18.5 Å². The maximum Gasteiger partial charge on any atom is 0.422 e. The lowest BCUT2D eigenvalue weighted by Gasteiger charge is -2.32. The molecular weight excluding hydrogens is 413 g/mol. The summed E-state index contributed by atoms with van der Waals surface area (Å²) in [6.07, 6.45) is -2.24. The van der Waals surface area contributed by atoms with Gasteiger partial charge in [-0.15, -0.1) is 0 Å². The molecule has 0 atom stereocenters. The van der Waals surface area contributed by atoms with E-state index in [1.165, 1.54) is 11.8 Å². The van der Waals surface area contributed by atoms with Crippen LogP contribution >= 0.6 is 0 Å². The summed E-state index contributed by atoms with van der Waals surface area (Å²) in [6.45, 7) is 0.176. The molecule has 31 heavy (non-hydrogen) atoms. The van der Waals surface area contributed by atoms with E-state index in [9.17, 15) is 13.2 Å². The average molecular weight is 438 g/mol. The Bertz CT molecular complexity index is 935. The molecule has 0 spiro atoms. The third kappa shape index (κ3) is 5.71. The van der Waals surface area contributed by atoms with Crippen molar-refractivity contribution in [2.45, 2.75) is 25.7 Å². The fourth-order valence-electron chi connectivity index (χ4n) is 3.41. The van der Waals surface area contributed by atoms with Gasteiger partial charge in [0, 0.05) is 38.4 Å². The third-order valence-electron chi connectivity index (χ3n) is 4.89. The molecule has 7 nitrogen and oxygen atoms in total. The summed E-state index contributed by atoms with van der Waals surface area (Å²) < 4.78 is 53.1. The van der Waals surface area contributed by atoms with Crippen LogP contribution < -0.4 is 19.5 Å². The standard InChI is InChI=1S/C21H25F3N4O3/c1-25-20(27-11-15-5-4-7-26-19(15)31-13-21(22,23)24)28-8-6-14-9-17(29-2)18(30-3)10-16(14)12-28/h4-5,7,9-10H,6,8,11-13H2,1-3H3,(H,25,27). The topological polar surface area (TPSA) is 68.2 Å². The van der Waals surface area contributed by atoms with Crippen molar-refractivity contribution in [3.8, 4) is 17.4 Å². The van der Waals surface area contributed by atoms with Crippen molar-refractivity contribution in [2.24, 2.45) is 4.99 Å². The minimum absolute atomic E-state index is 0.0522. The highest BCUT2D eigenvalue weighted by molar-refractivity contribution is 5.80. The number of ether oxygens (including phenoxy) is 3. The van der Waals surface area contributed by atoms with E-state index in [4.69, 9.17) is 14.2 Å². The molecule has 10 heteroatoms. The van der Waals surface area contributed by atoms with Crippen molar-refractivity contribution in [1.29, 1.82) is 0 Å². The highest BCUT2D eigenvalue weighted by Crippen LogP contribution is 2.33. The van der Waals surface area contributed by atoms with Crippen LogP contribution in [0.1, 0.15) is 16.7 Å². The minimum atomic E-state index is -4.43. The van der Waals surface area contributed by atoms with E-state index in [2.05, 4.69) is 20.2 Å². The average Bonchev–Trinajstić information content (AvgIpc) is 2.77. The van der Waals surface area contributed by atoms with Crippen LogP contribution in [0.25, 0.3) is 0 Å². The van der Waals surface area contributed by atoms with Crippen LogP contribution in [0.15, 0.2) is 35.5 Å². The molecule has 1 aliphatic rings. The molecule has 1 N–H and O–H groups in total. The first-order valence-corrected chi connectivity index (χ1v) is 9.67. The van der Waals surface area contributed by atoms with Crippen LogP contribution in [-0.4, -0.2) is 56.4 Å². The highest BCUT2D eigenvalue weighted by Gasteiger charge is 2.29. The zero-order valence-electron chi connectivity index (χ0n) is 17.6. The number of alkyl halides is 3. The molecular formula is C21H25F3N4O3. The number of fused-ring (bicyclic) bond motifs is 1. The molecule has 0 radical (unpaired) electrons. The van der Waals surface area contributed by atoms with Crippen molar-refractivity contribution in [3.05, 3.63) is 47.2 Å². The van der Waals surface area contributed by atoms with Gasteiger partial charge in [0.1, 0.15) is 0 Å². The van der Waals surface area contributed by atoms with Gasteiger partial charge in [0.05, 0.1) is 14.2 Å². The van der Waals surface area contributed by atoms with Gasteiger partial charge in [-0.1, -0.05) is 6.07 Å². The maximum absolute atomic E-state index is 12.5. The summed E-state index contributed by atoms with van der Waals surface area (Å²) in [4.78, 5) is 10.3. The summed E-state index contributed by atoms with van der Waals surface area (Å²) in [5.74, 6) is 1.93. The number of hydrogen-bond donors (Lipinski definition) is 1. The highest BCUT2D eigenvalue weighted by atomic mass is 19.4. The van der Waals surface area contributed by atoms with E-state index < -0.39 is 12.8 Å². The SMILES string of the molecule is CN=C(NCc1cccnc1OCC(F)(F)F)N1CCc2cc(OC)c(OC)cc2C1. The van der Waals surface area contributed by atoms with Gasteiger partial charge < -0.3 is 24.4 Å². The molecule has 1 aromatic carbocycles. The number of methoxy groups -OCH3 is 2. The summed E-state index contributed by atoms with van der Waals surface area (Å²) in [5, 5.41) is 3.19. The normalized spacial score (nSPS) is 14.1. The summed E-state index contributed by atoms with van der Waals surface area (Å²) in [5.41, 5.74) is 2.79. The molecule has 0 amide bonds. The monoisotopic (exact) mass is 438 g/mol. The van der Waals surface area contributed by atoms with E-state index in [0.29, 0.717) is 29.6 Å². The lowest BCUT2D eigenvalue weighted by Crippen LogP contribution is -2.43. The van der Waals surface area contributed by atoms with Crippen molar-refractivity contribution in [1.82, 2.24) is 15.2 Å². The third-order valence-corrected chi connectivity index (χ3v) is 4.89. The second-order valence-corrected chi connectivity index (χ2v) is 6.92. The first kappa shape index (κ1) is 22.5. The Hall–Kier alpha value is -3.17. The van der Waals surface area contributed by atoms with Crippen molar-refractivity contribution >= 4 is 5.96 Å². The summed E-state index contributed by atoms with van der Waals surface area (Å²) in [7, 11) is 4.87. The van der Waals surface area contributed by atoms with Gasteiger partial charge in [-0.3, -0.25) is 4.99 Å². The number of halogens is 3. The van der Waals surface area contributed by atoms with Gasteiger partial charge in [-0.25, -0.2) is 4.98 Å². The lowest BCUT2D eigenvalue weighted by molar-refractivity contribution is -0.154. The molecule has 0 unspecified atom stereocenters. The fourth-order valence-corrected chi connectivity index (χ4v) is 3.41. The molecule has 1 aromatic heterocycles. The van der Waals surface area contributed by atoms with Gasteiger partial charge in [0.2, 0.25) is 5.88 Å². The number of aromatic nitrogens is 1. The number of hydrogen-bond acceptors (Lipinski definition) is 5. The predicted octanol–water partition coefficient (Wildman–Crippen LogP) is 3.17. The molecule has 2 heterocycles. The molecule has 0 fully saturated rings. The number of aliphatic imine (C=N–C) groups is 1. The molecule has 1 aliphatic heterocycles. The van der Waals surface area contributed by atoms with Crippen molar-refractivity contribution in [3.63, 3.8) is 0 Å². The Labute approximate surface area is 178 Å². The number of nitrogens with zero attached hydrogens (tertiary/aromatic N) is 3. The van der Waals surface area contributed by atoms with Crippen molar-refractivity contribution in [2.75, 3.05) is 34.4 Å². The van der Waals surface area contributed by atoms with E-state index in [-0.39, 0.29) is 12.4 Å². The first-order valence-electron chi connectivity index (χ1n) is 9.67. The van der Waals surface area contributed by atoms with Crippen LogP contribution in [0, 0.1) is 0 Å². The molecule has 3 rings (SSSR count). The van der Waals surface area contributed by atoms with Crippen LogP contribution in [0.5, 0.6) is 17.4 Å². The van der Waals surface area contributed by atoms with E-state index in [1.54, 1.807) is 33.4 Å². The Morgan fingerprint density at radius 2 is 1.90 bits per heavy atom. The van der Waals surface area contributed by atoms with Crippen LogP contribution in [0.4, 0.5) is 13.2 Å². The van der Waals surface area contributed by atoms with Gasteiger partial charge in [0.25, 0.3) is 0 Å². The van der Waals surface area contributed by atoms with Gasteiger partial charge >= 0.3 is 6.18 Å². The zero-order valence-corrected chi connectivity index (χ0v) is 17.6. The molecule has 168 valence electrons. The minimum Gasteiger partial charge on any atom is -0.493 e. The Kier molecular flexibility index (Phi) is 7.09. The van der Waals surface area contributed by atoms with Crippen LogP contribution in [0.3, 0.4) is 0 Å². The number of rotatable bonds is 6. The second kappa shape index (κ2) is 9.76. The Morgan fingerprint density at radius 3 is 2.55 bits per heavy atom. The molecule has 2 aromatic rings. The van der Waals surface area contributed by atoms with E-state index >= 15 is 0 Å². The Balaban J connectivity index is 1.68. The smallest absolute Gasteiger partial charge is 0.422 e. The fraction of sp³-hybridized carbons (Fsp3) is 0.429. The first-order chi connectivity index (χ1) is 14.8. The van der Waals surface area contributed by atoms with Crippen LogP contribution in [0.2, 0.25) is 0 Å². The largest absolute Gasteiger partial charge is 0.493 e. The molecule has 0 saturated carbocycles. The number of guanidine groups is 1. The van der Waals surface area contributed by atoms with Gasteiger partial charge in [-0.2, -0.15) is 13.2 Å². The number of nitrogens with one attached hydrogen (secondary N) is 1. The molecule has 0 aliphatic carbocycles. The second-order valence-electron chi connectivity index (χ2n) is 6.92. The number of benzene rings is 1. The quantitative estimate of drug-likeness (QED) is 0.552. The Morgan fingerprint density at radius 1 is 1.19 bits per heavy atom. The number of pyridine rings is 1. The summed E-state index contributed by atoms with van der Waals surface area (Å²) in [6, 6.07) is 7.26. The van der Waals surface area contributed by atoms with Gasteiger partial charge in [0.15, 0.2) is 24.1 Å². The molecule has 0 bridgehead atoms.